The number of carbonyl (C=O) groups excluding carboxylic acids is 2. The molecule has 1 amide bonds. The van der Waals surface area contributed by atoms with E-state index in [2.05, 4.69) is 0 Å². The van der Waals surface area contributed by atoms with Crippen LogP contribution in [0.1, 0.15) is 27.0 Å². The van der Waals surface area contributed by atoms with Gasteiger partial charge in [0, 0.05) is 37.1 Å². The number of hydrogen-bond donors (Lipinski definition) is 0. The van der Waals surface area contributed by atoms with Gasteiger partial charge in [0.15, 0.2) is 0 Å². The highest BCUT2D eigenvalue weighted by Gasteiger charge is 2.29. The van der Waals surface area contributed by atoms with E-state index in [1.807, 2.05) is 85.4 Å². The van der Waals surface area contributed by atoms with Crippen molar-refractivity contribution in [2.45, 2.75) is 26.3 Å². The monoisotopic (exact) mass is 390 g/mol. The predicted molar refractivity (Wildman–Crippen MR) is 113 cm³/mol. The van der Waals surface area contributed by atoms with Crippen LogP contribution in [-0.4, -0.2) is 41.5 Å². The molecule has 1 unspecified atom stereocenters. The summed E-state index contributed by atoms with van der Waals surface area (Å²) in [7, 11) is 3.00. The van der Waals surface area contributed by atoms with Gasteiger partial charge < -0.3 is 14.2 Å². The van der Waals surface area contributed by atoms with Crippen molar-refractivity contribution in [2.75, 3.05) is 14.2 Å². The number of aromatic nitrogens is 1. The summed E-state index contributed by atoms with van der Waals surface area (Å²) in [6.45, 7) is 3.90. The van der Waals surface area contributed by atoms with Crippen molar-refractivity contribution in [1.29, 1.82) is 0 Å². The molecule has 0 radical (unpaired) electrons. The Hall–Kier alpha value is -3.34. The third-order valence-electron chi connectivity index (χ3n) is 5.00. The van der Waals surface area contributed by atoms with Crippen molar-refractivity contribution in [3.8, 4) is 5.69 Å². The van der Waals surface area contributed by atoms with Gasteiger partial charge in [0.2, 0.25) is 0 Å². The Morgan fingerprint density at radius 2 is 1.59 bits per heavy atom. The van der Waals surface area contributed by atoms with E-state index < -0.39 is 12.0 Å². The highest BCUT2D eigenvalue weighted by atomic mass is 16.5. The van der Waals surface area contributed by atoms with Crippen LogP contribution < -0.4 is 0 Å². The van der Waals surface area contributed by atoms with Crippen LogP contribution in [0.2, 0.25) is 0 Å². The standard InChI is InChI=1S/C24H26N2O3/c1-17-13-18(2)15-20(14-17)23(27)25(3)22(24(28)29-4)16-19-7-9-21(10-8-19)26-11-5-6-12-26/h5-15,22H,16H2,1-4H3. The third-order valence-corrected chi connectivity index (χ3v) is 5.00. The Morgan fingerprint density at radius 1 is 1.00 bits per heavy atom. The number of rotatable bonds is 6. The van der Waals surface area contributed by atoms with E-state index in [4.69, 9.17) is 4.74 Å². The molecule has 150 valence electrons. The molecule has 0 aliphatic rings. The average Bonchev–Trinajstić information content (AvgIpc) is 3.25. The molecule has 0 saturated carbocycles. The number of benzene rings is 2. The average molecular weight is 390 g/mol. The highest BCUT2D eigenvalue weighted by molar-refractivity contribution is 5.97. The van der Waals surface area contributed by atoms with Crippen LogP contribution in [0.4, 0.5) is 0 Å². The maximum Gasteiger partial charge on any atom is 0.328 e. The normalized spacial score (nSPS) is 11.7. The van der Waals surface area contributed by atoms with Crippen molar-refractivity contribution >= 4 is 11.9 Å². The number of aryl methyl sites for hydroxylation is 2. The molecule has 0 fully saturated rings. The maximum atomic E-state index is 13.0. The Morgan fingerprint density at radius 3 is 2.14 bits per heavy atom. The molecule has 0 N–H and O–H groups in total. The zero-order valence-electron chi connectivity index (χ0n) is 17.3. The molecule has 1 atom stereocenters. The van der Waals surface area contributed by atoms with E-state index in [9.17, 15) is 9.59 Å². The van der Waals surface area contributed by atoms with E-state index in [0.717, 1.165) is 22.4 Å². The lowest BCUT2D eigenvalue weighted by atomic mass is 10.0. The lowest BCUT2D eigenvalue weighted by molar-refractivity contribution is -0.145. The molecule has 0 aliphatic heterocycles. The molecule has 0 saturated heterocycles. The molecule has 0 bridgehead atoms. The van der Waals surface area contributed by atoms with Crippen LogP contribution in [0.5, 0.6) is 0 Å². The summed E-state index contributed by atoms with van der Waals surface area (Å²) in [5, 5.41) is 0. The first-order chi connectivity index (χ1) is 13.9. The fourth-order valence-corrected chi connectivity index (χ4v) is 3.49. The van der Waals surface area contributed by atoms with Gasteiger partial charge in [0.1, 0.15) is 6.04 Å². The van der Waals surface area contributed by atoms with E-state index in [1.165, 1.54) is 12.0 Å². The largest absolute Gasteiger partial charge is 0.467 e. The number of carbonyl (C=O) groups is 2. The fourth-order valence-electron chi connectivity index (χ4n) is 3.49. The fraction of sp³-hybridized carbons (Fsp3) is 0.250. The molecule has 0 spiro atoms. The van der Waals surface area contributed by atoms with Gasteiger partial charge in [-0.1, -0.05) is 29.3 Å². The van der Waals surface area contributed by atoms with Crippen LogP contribution in [0, 0.1) is 13.8 Å². The number of ether oxygens (including phenoxy) is 1. The first-order valence-electron chi connectivity index (χ1n) is 9.54. The predicted octanol–water partition coefficient (Wildman–Crippen LogP) is 3.95. The maximum absolute atomic E-state index is 13.0. The van der Waals surface area contributed by atoms with Gasteiger partial charge >= 0.3 is 5.97 Å². The number of likely N-dealkylation sites (N-methyl/N-ethyl adjacent to an activating group) is 1. The number of esters is 1. The number of nitrogens with zero attached hydrogens (tertiary/aromatic N) is 2. The van der Waals surface area contributed by atoms with Gasteiger partial charge in [-0.15, -0.1) is 0 Å². The molecule has 3 aromatic rings. The summed E-state index contributed by atoms with van der Waals surface area (Å²) < 4.78 is 7.00. The summed E-state index contributed by atoms with van der Waals surface area (Å²) in [6.07, 6.45) is 4.33. The summed E-state index contributed by atoms with van der Waals surface area (Å²) >= 11 is 0. The topological polar surface area (TPSA) is 51.5 Å². The van der Waals surface area contributed by atoms with Gasteiger partial charge in [-0.05, 0) is 55.8 Å². The molecule has 1 heterocycles. The molecule has 2 aromatic carbocycles. The first kappa shape index (κ1) is 20.4. The van der Waals surface area contributed by atoms with Gasteiger partial charge in [-0.2, -0.15) is 0 Å². The van der Waals surface area contributed by atoms with Gasteiger partial charge in [0.25, 0.3) is 5.91 Å². The molecule has 29 heavy (non-hydrogen) atoms. The van der Waals surface area contributed by atoms with E-state index in [1.54, 1.807) is 7.05 Å². The van der Waals surface area contributed by atoms with Crippen molar-refractivity contribution in [2.24, 2.45) is 0 Å². The third kappa shape index (κ3) is 4.74. The van der Waals surface area contributed by atoms with Crippen LogP contribution in [-0.2, 0) is 16.0 Å². The molecular formula is C24H26N2O3. The van der Waals surface area contributed by atoms with Crippen LogP contribution >= 0.6 is 0 Å². The Bertz CT molecular complexity index is 971. The summed E-state index contributed by atoms with van der Waals surface area (Å²) in [5.74, 6) is -0.629. The van der Waals surface area contributed by atoms with E-state index in [-0.39, 0.29) is 5.91 Å². The molecule has 1 aromatic heterocycles. The minimum atomic E-state index is -0.703. The van der Waals surface area contributed by atoms with Gasteiger partial charge in [0.05, 0.1) is 7.11 Å². The second kappa shape index (κ2) is 8.78. The Labute approximate surface area is 171 Å². The zero-order valence-corrected chi connectivity index (χ0v) is 17.3. The smallest absolute Gasteiger partial charge is 0.328 e. The number of hydrogen-bond acceptors (Lipinski definition) is 3. The minimum Gasteiger partial charge on any atom is -0.467 e. The summed E-state index contributed by atoms with van der Waals surface area (Å²) in [4.78, 5) is 27.0. The van der Waals surface area contributed by atoms with Crippen LogP contribution in [0.15, 0.2) is 67.0 Å². The Kier molecular flexibility index (Phi) is 6.17. The SMILES string of the molecule is COC(=O)C(Cc1ccc(-n2cccc2)cc1)N(C)C(=O)c1cc(C)cc(C)c1. The van der Waals surface area contributed by atoms with Crippen molar-refractivity contribution in [1.82, 2.24) is 9.47 Å². The van der Waals surface area contributed by atoms with E-state index >= 15 is 0 Å². The van der Waals surface area contributed by atoms with Gasteiger partial charge in [-0.25, -0.2) is 4.79 Å². The summed E-state index contributed by atoms with van der Waals surface area (Å²) in [5.41, 5.74) is 4.58. The lowest BCUT2D eigenvalue weighted by Gasteiger charge is -2.26. The first-order valence-corrected chi connectivity index (χ1v) is 9.54. The van der Waals surface area contributed by atoms with E-state index in [0.29, 0.717) is 12.0 Å². The van der Waals surface area contributed by atoms with Gasteiger partial charge in [-0.3, -0.25) is 4.79 Å². The molecule has 3 rings (SSSR count). The molecule has 0 aliphatic carbocycles. The quantitative estimate of drug-likeness (QED) is 0.599. The molecular weight excluding hydrogens is 364 g/mol. The molecule has 5 heteroatoms. The second-order valence-corrected chi connectivity index (χ2v) is 7.29. The highest BCUT2D eigenvalue weighted by Crippen LogP contribution is 2.17. The molecule has 5 nitrogen and oxygen atoms in total. The second-order valence-electron chi connectivity index (χ2n) is 7.29. The lowest BCUT2D eigenvalue weighted by Crippen LogP contribution is -2.44. The van der Waals surface area contributed by atoms with Crippen molar-refractivity contribution in [3.05, 3.63) is 89.2 Å². The Balaban J connectivity index is 1.82. The summed E-state index contributed by atoms with van der Waals surface area (Å²) in [6, 6.07) is 16.9. The van der Waals surface area contributed by atoms with Crippen LogP contribution in [0.3, 0.4) is 0 Å². The number of methoxy groups -OCH3 is 1. The van der Waals surface area contributed by atoms with Crippen molar-refractivity contribution in [3.63, 3.8) is 0 Å². The number of amides is 1. The zero-order chi connectivity index (χ0) is 21.0. The van der Waals surface area contributed by atoms with Crippen molar-refractivity contribution < 1.29 is 14.3 Å². The van der Waals surface area contributed by atoms with Crippen LogP contribution in [0.25, 0.3) is 5.69 Å². The minimum absolute atomic E-state index is 0.198.